The van der Waals surface area contributed by atoms with Crippen molar-refractivity contribution in [3.05, 3.63) is 11.1 Å². The van der Waals surface area contributed by atoms with E-state index in [1.807, 2.05) is 11.8 Å². The number of carbonyl (C=O) groups is 1. The molecule has 0 aromatic heterocycles. The molecule has 1 amide bonds. The third-order valence-electron chi connectivity index (χ3n) is 3.75. The van der Waals surface area contributed by atoms with Crippen LogP contribution in [0.4, 0.5) is 0 Å². The Labute approximate surface area is 109 Å². The van der Waals surface area contributed by atoms with Gasteiger partial charge in [0.25, 0.3) is 0 Å². The smallest absolute Gasteiger partial charge is 0.249 e. The van der Waals surface area contributed by atoms with Gasteiger partial charge in [0.1, 0.15) is 0 Å². The topological polar surface area (TPSA) is 41.6 Å². The van der Waals surface area contributed by atoms with Crippen molar-refractivity contribution in [3.8, 4) is 0 Å². The van der Waals surface area contributed by atoms with Gasteiger partial charge < -0.3 is 15.0 Å². The molecule has 0 bridgehead atoms. The van der Waals surface area contributed by atoms with E-state index in [-0.39, 0.29) is 12.0 Å². The number of carbonyl (C=O) groups excluding carboxylic acids is 1. The summed E-state index contributed by atoms with van der Waals surface area (Å²) in [6, 6.07) is 0. The van der Waals surface area contributed by atoms with Gasteiger partial charge in [-0.15, -0.1) is 0 Å². The quantitative estimate of drug-likeness (QED) is 0.767. The molecule has 0 aromatic rings. The Morgan fingerprint density at radius 2 is 2.28 bits per heavy atom. The maximum absolute atomic E-state index is 12.3. The second kappa shape index (κ2) is 6.34. The number of nitrogens with zero attached hydrogens (tertiary/aromatic N) is 1. The number of nitrogens with one attached hydrogen (secondary N) is 1. The van der Waals surface area contributed by atoms with Crippen LogP contribution in [0.5, 0.6) is 0 Å². The van der Waals surface area contributed by atoms with Crippen molar-refractivity contribution >= 4 is 5.91 Å². The van der Waals surface area contributed by atoms with Crippen LogP contribution in [0, 0.1) is 0 Å². The second-order valence-electron chi connectivity index (χ2n) is 5.22. The lowest BCUT2D eigenvalue weighted by molar-refractivity contribution is -0.131. The molecule has 1 N–H and O–H groups in total. The Balaban J connectivity index is 1.90. The second-order valence-corrected chi connectivity index (χ2v) is 5.22. The third-order valence-corrected chi connectivity index (χ3v) is 3.75. The normalized spacial score (nSPS) is 23.8. The number of likely N-dealkylation sites (tertiary alicyclic amines) is 1. The number of hydrogen-bond donors (Lipinski definition) is 1. The first-order valence-corrected chi connectivity index (χ1v) is 7.02. The highest BCUT2D eigenvalue weighted by molar-refractivity contribution is 5.94. The van der Waals surface area contributed by atoms with Crippen LogP contribution in [-0.2, 0) is 9.53 Å². The zero-order valence-corrected chi connectivity index (χ0v) is 11.5. The summed E-state index contributed by atoms with van der Waals surface area (Å²) in [5.74, 6) is 0.205. The molecule has 2 saturated heterocycles. The van der Waals surface area contributed by atoms with Gasteiger partial charge in [0, 0.05) is 38.4 Å². The monoisotopic (exact) mass is 252 g/mol. The van der Waals surface area contributed by atoms with Crippen LogP contribution in [0.25, 0.3) is 0 Å². The third kappa shape index (κ3) is 3.12. The van der Waals surface area contributed by atoms with E-state index in [4.69, 9.17) is 4.74 Å². The molecule has 2 fully saturated rings. The molecular weight excluding hydrogens is 228 g/mol. The molecule has 18 heavy (non-hydrogen) atoms. The van der Waals surface area contributed by atoms with Crippen molar-refractivity contribution < 1.29 is 9.53 Å². The van der Waals surface area contributed by atoms with Crippen molar-refractivity contribution in [1.82, 2.24) is 10.2 Å². The van der Waals surface area contributed by atoms with Gasteiger partial charge >= 0.3 is 0 Å². The van der Waals surface area contributed by atoms with Crippen molar-refractivity contribution in [2.24, 2.45) is 0 Å². The summed E-state index contributed by atoms with van der Waals surface area (Å²) >= 11 is 0. The van der Waals surface area contributed by atoms with Crippen LogP contribution < -0.4 is 5.32 Å². The summed E-state index contributed by atoms with van der Waals surface area (Å²) in [6.45, 7) is 8.26. The van der Waals surface area contributed by atoms with Crippen molar-refractivity contribution in [3.63, 3.8) is 0 Å². The molecule has 1 unspecified atom stereocenters. The van der Waals surface area contributed by atoms with E-state index in [1.165, 1.54) is 5.57 Å². The lowest BCUT2D eigenvalue weighted by atomic mass is 10.0. The fourth-order valence-electron chi connectivity index (χ4n) is 2.45. The van der Waals surface area contributed by atoms with Crippen LogP contribution in [0.1, 0.15) is 33.1 Å². The molecule has 0 aliphatic carbocycles. The summed E-state index contributed by atoms with van der Waals surface area (Å²) in [4.78, 5) is 14.3. The average molecular weight is 252 g/mol. The molecule has 4 heteroatoms. The summed E-state index contributed by atoms with van der Waals surface area (Å²) in [5.41, 5.74) is 2.20. The Kier molecular flexibility index (Phi) is 4.78. The fourth-order valence-corrected chi connectivity index (χ4v) is 2.45. The van der Waals surface area contributed by atoms with Crippen molar-refractivity contribution in [2.75, 3.05) is 32.8 Å². The lowest BCUT2D eigenvalue weighted by Gasteiger charge is -2.34. The number of rotatable bonds is 4. The van der Waals surface area contributed by atoms with Gasteiger partial charge in [-0.2, -0.15) is 0 Å². The molecule has 0 saturated carbocycles. The van der Waals surface area contributed by atoms with Gasteiger partial charge in [-0.05, 0) is 31.8 Å². The fraction of sp³-hybridized carbons (Fsp3) is 0.786. The van der Waals surface area contributed by atoms with Crippen molar-refractivity contribution in [2.45, 2.75) is 39.2 Å². The van der Waals surface area contributed by atoms with E-state index in [0.29, 0.717) is 0 Å². The Bertz CT molecular complexity index is 333. The van der Waals surface area contributed by atoms with Crippen LogP contribution in [-0.4, -0.2) is 49.7 Å². The van der Waals surface area contributed by atoms with Crippen LogP contribution >= 0.6 is 0 Å². The van der Waals surface area contributed by atoms with Crippen LogP contribution in [0.15, 0.2) is 11.1 Å². The van der Waals surface area contributed by atoms with Gasteiger partial charge in [-0.25, -0.2) is 0 Å². The highest BCUT2D eigenvalue weighted by Crippen LogP contribution is 2.18. The van der Waals surface area contributed by atoms with Gasteiger partial charge in [0.15, 0.2) is 0 Å². The minimum Gasteiger partial charge on any atom is -0.376 e. The van der Waals surface area contributed by atoms with Gasteiger partial charge in [-0.1, -0.05) is 6.92 Å². The SMILES string of the molecule is CCCOC1CCCN(C(=O)C(C)=C2CNC2)C1. The van der Waals surface area contributed by atoms with Gasteiger partial charge in [-0.3, -0.25) is 4.79 Å². The lowest BCUT2D eigenvalue weighted by Crippen LogP contribution is -2.45. The molecule has 102 valence electrons. The number of piperidine rings is 1. The summed E-state index contributed by atoms with van der Waals surface area (Å²) in [5, 5.41) is 3.18. The summed E-state index contributed by atoms with van der Waals surface area (Å²) < 4.78 is 5.77. The Hall–Kier alpha value is -0.870. The first-order valence-electron chi connectivity index (χ1n) is 7.02. The molecule has 2 aliphatic rings. The maximum Gasteiger partial charge on any atom is 0.249 e. The first kappa shape index (κ1) is 13.6. The van der Waals surface area contributed by atoms with Gasteiger partial charge in [0.2, 0.25) is 5.91 Å². The van der Waals surface area contributed by atoms with E-state index in [9.17, 15) is 4.79 Å². The number of ether oxygens (including phenoxy) is 1. The zero-order chi connectivity index (χ0) is 13.0. The number of amides is 1. The molecule has 2 heterocycles. The first-order chi connectivity index (χ1) is 8.72. The predicted molar refractivity (Wildman–Crippen MR) is 71.4 cm³/mol. The van der Waals surface area contributed by atoms with E-state index >= 15 is 0 Å². The largest absolute Gasteiger partial charge is 0.376 e. The number of hydrogen-bond acceptors (Lipinski definition) is 3. The molecule has 0 radical (unpaired) electrons. The molecule has 1 atom stereocenters. The maximum atomic E-state index is 12.3. The van der Waals surface area contributed by atoms with Crippen LogP contribution in [0.3, 0.4) is 0 Å². The van der Waals surface area contributed by atoms with Crippen LogP contribution in [0.2, 0.25) is 0 Å². The van der Waals surface area contributed by atoms with E-state index < -0.39 is 0 Å². The van der Waals surface area contributed by atoms with E-state index in [2.05, 4.69) is 12.2 Å². The average Bonchev–Trinajstić information content (AvgIpc) is 2.33. The molecular formula is C14H24N2O2. The van der Waals surface area contributed by atoms with E-state index in [1.54, 1.807) is 0 Å². The molecule has 0 spiro atoms. The zero-order valence-electron chi connectivity index (χ0n) is 11.5. The Morgan fingerprint density at radius 3 is 2.89 bits per heavy atom. The van der Waals surface area contributed by atoms with Gasteiger partial charge in [0.05, 0.1) is 6.10 Å². The minimum atomic E-state index is 0.205. The minimum absolute atomic E-state index is 0.205. The molecule has 2 aliphatic heterocycles. The molecule has 2 rings (SSSR count). The highest BCUT2D eigenvalue weighted by Gasteiger charge is 2.26. The highest BCUT2D eigenvalue weighted by atomic mass is 16.5. The van der Waals surface area contributed by atoms with E-state index in [0.717, 1.165) is 57.6 Å². The summed E-state index contributed by atoms with van der Waals surface area (Å²) in [6.07, 6.45) is 3.42. The standard InChI is InChI=1S/C14H24N2O2/c1-3-7-18-13-5-4-6-16(10-13)14(17)11(2)12-8-15-9-12/h13,15H,3-10H2,1-2H3. The molecule has 0 aromatic carbocycles. The predicted octanol–water partition coefficient (Wildman–Crippen LogP) is 1.32. The Morgan fingerprint density at radius 1 is 1.50 bits per heavy atom. The van der Waals surface area contributed by atoms with Crippen molar-refractivity contribution in [1.29, 1.82) is 0 Å². The molecule has 4 nitrogen and oxygen atoms in total. The summed E-state index contributed by atoms with van der Waals surface area (Å²) in [7, 11) is 0.